The Bertz CT molecular complexity index is 412. The second-order valence-electron chi connectivity index (χ2n) is 4.81. The van der Waals surface area contributed by atoms with Gasteiger partial charge in [-0.1, -0.05) is 0 Å². The Labute approximate surface area is 120 Å². The normalized spacial score (nSPS) is 10.6. The minimum Gasteiger partial charge on any atom is -0.497 e. The lowest BCUT2D eigenvalue weighted by Gasteiger charge is -2.17. The van der Waals surface area contributed by atoms with E-state index in [0.717, 1.165) is 36.6 Å². The molecule has 5 nitrogen and oxygen atoms in total. The van der Waals surface area contributed by atoms with Crippen molar-refractivity contribution in [3.05, 3.63) is 23.8 Å². The zero-order valence-electron chi connectivity index (χ0n) is 12.4. The van der Waals surface area contributed by atoms with Gasteiger partial charge in [-0.25, -0.2) is 0 Å². The highest BCUT2D eigenvalue weighted by Gasteiger charge is 2.05. The smallest absolute Gasteiger partial charge is 0.303 e. The molecule has 0 heterocycles. The molecule has 0 radical (unpaired) electrons. The van der Waals surface area contributed by atoms with E-state index in [9.17, 15) is 4.79 Å². The summed E-state index contributed by atoms with van der Waals surface area (Å²) in [7, 11) is 5.29. The summed E-state index contributed by atoms with van der Waals surface area (Å²) in [5.41, 5.74) is 1.11. The van der Waals surface area contributed by atoms with E-state index in [1.807, 2.05) is 25.2 Å². The van der Waals surface area contributed by atoms with Crippen molar-refractivity contribution in [3.8, 4) is 11.5 Å². The Hall–Kier alpha value is -1.75. The first-order valence-electron chi connectivity index (χ1n) is 6.67. The largest absolute Gasteiger partial charge is 0.497 e. The molecule has 0 fully saturated rings. The molecule has 1 aromatic carbocycles. The molecule has 112 valence electrons. The number of ether oxygens (including phenoxy) is 2. The van der Waals surface area contributed by atoms with Crippen molar-refractivity contribution in [2.45, 2.75) is 25.8 Å². The number of hydrogen-bond acceptors (Lipinski definition) is 4. The highest BCUT2D eigenvalue weighted by molar-refractivity contribution is 5.66. The van der Waals surface area contributed by atoms with Gasteiger partial charge in [0.2, 0.25) is 0 Å². The van der Waals surface area contributed by atoms with Crippen LogP contribution >= 0.6 is 0 Å². The molecule has 1 rings (SSSR count). The molecule has 0 saturated heterocycles. The van der Waals surface area contributed by atoms with Gasteiger partial charge in [0.15, 0.2) is 0 Å². The Kier molecular flexibility index (Phi) is 6.87. The lowest BCUT2D eigenvalue weighted by molar-refractivity contribution is -0.137. The van der Waals surface area contributed by atoms with Crippen LogP contribution in [0.5, 0.6) is 11.5 Å². The van der Waals surface area contributed by atoms with E-state index in [4.69, 9.17) is 14.6 Å². The first kappa shape index (κ1) is 16.3. The molecule has 0 spiro atoms. The van der Waals surface area contributed by atoms with Gasteiger partial charge in [0.05, 0.1) is 14.2 Å². The zero-order valence-corrected chi connectivity index (χ0v) is 12.4. The molecule has 1 N–H and O–H groups in total. The van der Waals surface area contributed by atoms with Gasteiger partial charge in [0.25, 0.3) is 0 Å². The van der Waals surface area contributed by atoms with Crippen LogP contribution in [0.25, 0.3) is 0 Å². The molecule has 0 atom stereocenters. The Morgan fingerprint density at radius 2 is 1.75 bits per heavy atom. The van der Waals surface area contributed by atoms with E-state index in [1.165, 1.54) is 0 Å². The fourth-order valence-corrected chi connectivity index (χ4v) is 2.01. The maximum atomic E-state index is 10.4. The monoisotopic (exact) mass is 281 g/mol. The van der Waals surface area contributed by atoms with E-state index >= 15 is 0 Å². The molecule has 0 aliphatic heterocycles. The lowest BCUT2D eigenvalue weighted by Crippen LogP contribution is -2.19. The summed E-state index contributed by atoms with van der Waals surface area (Å²) in [4.78, 5) is 12.6. The van der Waals surface area contributed by atoms with Gasteiger partial charge in [-0.3, -0.25) is 4.79 Å². The summed E-state index contributed by atoms with van der Waals surface area (Å²) < 4.78 is 10.5. The number of methoxy groups -OCH3 is 2. The second-order valence-corrected chi connectivity index (χ2v) is 4.81. The summed E-state index contributed by atoms with van der Waals surface area (Å²) >= 11 is 0. The number of benzene rings is 1. The van der Waals surface area contributed by atoms with E-state index in [1.54, 1.807) is 14.2 Å². The van der Waals surface area contributed by atoms with Crippen molar-refractivity contribution in [2.24, 2.45) is 0 Å². The molecule has 0 bridgehead atoms. The fraction of sp³-hybridized carbons (Fsp3) is 0.533. The van der Waals surface area contributed by atoms with Crippen molar-refractivity contribution in [1.29, 1.82) is 0 Å². The SMILES string of the molecule is COc1cc(CN(C)CCCCC(=O)O)cc(OC)c1. The van der Waals surface area contributed by atoms with Gasteiger partial charge in [0.1, 0.15) is 11.5 Å². The summed E-state index contributed by atoms with van der Waals surface area (Å²) in [6.07, 6.45) is 1.83. The quantitative estimate of drug-likeness (QED) is 0.704. The number of rotatable bonds is 9. The van der Waals surface area contributed by atoms with Crippen molar-refractivity contribution in [3.63, 3.8) is 0 Å². The maximum Gasteiger partial charge on any atom is 0.303 e. The van der Waals surface area contributed by atoms with Gasteiger partial charge in [0, 0.05) is 19.0 Å². The number of nitrogens with zero attached hydrogens (tertiary/aromatic N) is 1. The molecular weight excluding hydrogens is 258 g/mol. The lowest BCUT2D eigenvalue weighted by atomic mass is 10.1. The molecule has 0 aliphatic carbocycles. The summed E-state index contributed by atoms with van der Waals surface area (Å²) in [5.74, 6) is 0.822. The van der Waals surface area contributed by atoms with Crippen molar-refractivity contribution in [1.82, 2.24) is 4.90 Å². The van der Waals surface area contributed by atoms with Crippen LogP contribution in [0.1, 0.15) is 24.8 Å². The third-order valence-electron chi connectivity index (χ3n) is 3.04. The Balaban J connectivity index is 2.48. The standard InChI is InChI=1S/C15H23NO4/c1-16(7-5-4-6-15(17)18)11-12-8-13(19-2)10-14(9-12)20-3/h8-10H,4-7,11H2,1-3H3,(H,17,18). The van der Waals surface area contributed by atoms with Crippen molar-refractivity contribution >= 4 is 5.97 Å². The summed E-state index contributed by atoms with van der Waals surface area (Å²) in [6, 6.07) is 5.81. The summed E-state index contributed by atoms with van der Waals surface area (Å²) in [5, 5.41) is 8.59. The van der Waals surface area contributed by atoms with Crippen LogP contribution in [-0.2, 0) is 11.3 Å². The topological polar surface area (TPSA) is 59.0 Å². The van der Waals surface area contributed by atoms with Crippen molar-refractivity contribution < 1.29 is 19.4 Å². The number of aliphatic carboxylic acids is 1. The van der Waals surface area contributed by atoms with Crippen LogP contribution in [0.3, 0.4) is 0 Å². The molecular formula is C15H23NO4. The van der Waals surface area contributed by atoms with Gasteiger partial charge in [-0.05, 0) is 44.1 Å². The maximum absolute atomic E-state index is 10.4. The average molecular weight is 281 g/mol. The Morgan fingerprint density at radius 1 is 1.15 bits per heavy atom. The van der Waals surface area contributed by atoms with E-state index in [-0.39, 0.29) is 6.42 Å². The van der Waals surface area contributed by atoms with Gasteiger partial charge in [-0.2, -0.15) is 0 Å². The third kappa shape index (κ3) is 5.93. The molecule has 5 heteroatoms. The zero-order chi connectivity index (χ0) is 15.0. The van der Waals surface area contributed by atoms with Crippen LogP contribution in [0.15, 0.2) is 18.2 Å². The first-order valence-corrected chi connectivity index (χ1v) is 6.67. The predicted octanol–water partition coefficient (Wildman–Crippen LogP) is 2.39. The molecule has 0 saturated carbocycles. The molecule has 0 aromatic heterocycles. The number of carbonyl (C=O) groups is 1. The van der Waals surface area contributed by atoms with E-state index in [2.05, 4.69) is 4.90 Å². The van der Waals surface area contributed by atoms with Crippen LogP contribution in [0.2, 0.25) is 0 Å². The highest BCUT2D eigenvalue weighted by atomic mass is 16.5. The molecule has 1 aromatic rings. The van der Waals surface area contributed by atoms with E-state index in [0.29, 0.717) is 6.42 Å². The first-order chi connectivity index (χ1) is 9.55. The predicted molar refractivity (Wildman–Crippen MR) is 77.4 cm³/mol. The van der Waals surface area contributed by atoms with Gasteiger partial charge >= 0.3 is 5.97 Å². The number of hydrogen-bond donors (Lipinski definition) is 1. The molecule has 0 amide bonds. The number of unbranched alkanes of at least 4 members (excludes halogenated alkanes) is 1. The highest BCUT2D eigenvalue weighted by Crippen LogP contribution is 2.23. The minimum atomic E-state index is -0.731. The van der Waals surface area contributed by atoms with Gasteiger partial charge < -0.3 is 19.5 Å². The Morgan fingerprint density at radius 3 is 2.25 bits per heavy atom. The summed E-state index contributed by atoms with van der Waals surface area (Å²) in [6.45, 7) is 1.65. The third-order valence-corrected chi connectivity index (χ3v) is 3.04. The number of carboxylic acids is 1. The van der Waals surface area contributed by atoms with Crippen LogP contribution in [0.4, 0.5) is 0 Å². The van der Waals surface area contributed by atoms with Crippen LogP contribution < -0.4 is 9.47 Å². The fourth-order valence-electron chi connectivity index (χ4n) is 2.01. The van der Waals surface area contributed by atoms with Gasteiger partial charge in [-0.15, -0.1) is 0 Å². The average Bonchev–Trinajstić information content (AvgIpc) is 2.42. The van der Waals surface area contributed by atoms with Crippen LogP contribution in [0, 0.1) is 0 Å². The minimum absolute atomic E-state index is 0.237. The van der Waals surface area contributed by atoms with Crippen LogP contribution in [-0.4, -0.2) is 43.8 Å². The molecule has 0 aliphatic rings. The number of carboxylic acid groups (broad SMARTS) is 1. The molecule has 20 heavy (non-hydrogen) atoms. The second kappa shape index (κ2) is 8.43. The van der Waals surface area contributed by atoms with Crippen molar-refractivity contribution in [2.75, 3.05) is 27.8 Å². The molecule has 0 unspecified atom stereocenters. The van der Waals surface area contributed by atoms with E-state index < -0.39 is 5.97 Å².